The molecule has 5 heteroatoms. The molecule has 4 rings (SSSR count). The molecule has 1 aliphatic heterocycles. The molecule has 0 amide bonds. The van der Waals surface area contributed by atoms with E-state index in [2.05, 4.69) is 31.2 Å². The molecule has 2 fully saturated rings. The maximum Gasteiger partial charge on any atom is 0.127 e. The van der Waals surface area contributed by atoms with Crippen molar-refractivity contribution in [2.24, 2.45) is 5.92 Å². The normalized spacial score (nSPS) is 23.8. The van der Waals surface area contributed by atoms with Gasteiger partial charge in [0.1, 0.15) is 5.82 Å². The average Bonchev–Trinajstić information content (AvgIpc) is 3.37. The first-order valence-electron chi connectivity index (χ1n) is 9.26. The fraction of sp³-hybridized carbons (Fsp3) is 0.579. The number of imidazole rings is 1. The molecule has 3 heterocycles. The lowest BCUT2D eigenvalue weighted by atomic mass is 10.1. The van der Waals surface area contributed by atoms with Crippen LogP contribution in [-0.4, -0.2) is 45.5 Å². The van der Waals surface area contributed by atoms with E-state index < -0.39 is 0 Å². The molecule has 2 N–H and O–H groups in total. The van der Waals surface area contributed by atoms with E-state index in [9.17, 15) is 0 Å². The molecule has 128 valence electrons. The highest BCUT2D eigenvalue weighted by Gasteiger charge is 2.29. The zero-order valence-corrected chi connectivity index (χ0v) is 14.2. The van der Waals surface area contributed by atoms with E-state index in [-0.39, 0.29) is 6.04 Å². The second-order valence-electron chi connectivity index (χ2n) is 7.26. The highest BCUT2D eigenvalue weighted by molar-refractivity contribution is 5.21. The van der Waals surface area contributed by atoms with Gasteiger partial charge in [0, 0.05) is 43.9 Å². The van der Waals surface area contributed by atoms with Crippen molar-refractivity contribution in [1.29, 1.82) is 0 Å². The van der Waals surface area contributed by atoms with Gasteiger partial charge in [0.2, 0.25) is 0 Å². The molecule has 24 heavy (non-hydrogen) atoms. The Morgan fingerprint density at radius 1 is 1.25 bits per heavy atom. The summed E-state index contributed by atoms with van der Waals surface area (Å²) >= 11 is 0. The van der Waals surface area contributed by atoms with Crippen LogP contribution in [0.25, 0.3) is 0 Å². The molecule has 1 saturated carbocycles. The maximum absolute atomic E-state index is 4.48. The Morgan fingerprint density at radius 2 is 2.17 bits per heavy atom. The van der Waals surface area contributed by atoms with Crippen LogP contribution in [0.4, 0.5) is 0 Å². The Labute approximate surface area is 143 Å². The SMILES string of the molecule is c1cncc([C@@H](N[C@H]2CCN(CC3CCCC3)C2)c2ncc[nH]2)c1. The molecule has 2 aliphatic rings. The molecule has 2 atom stereocenters. The predicted molar refractivity (Wildman–Crippen MR) is 94.6 cm³/mol. The number of pyridine rings is 1. The van der Waals surface area contributed by atoms with E-state index >= 15 is 0 Å². The number of likely N-dealkylation sites (tertiary alicyclic amines) is 1. The summed E-state index contributed by atoms with van der Waals surface area (Å²) in [4.78, 5) is 14.7. The number of hydrogen-bond acceptors (Lipinski definition) is 4. The second-order valence-corrected chi connectivity index (χ2v) is 7.26. The van der Waals surface area contributed by atoms with Gasteiger partial charge in [-0.2, -0.15) is 0 Å². The minimum atomic E-state index is 0.0881. The van der Waals surface area contributed by atoms with Gasteiger partial charge in [0.15, 0.2) is 0 Å². The topological polar surface area (TPSA) is 56.8 Å². The van der Waals surface area contributed by atoms with Gasteiger partial charge in [-0.15, -0.1) is 0 Å². The van der Waals surface area contributed by atoms with Crippen LogP contribution in [0.15, 0.2) is 36.9 Å². The van der Waals surface area contributed by atoms with Gasteiger partial charge in [-0.1, -0.05) is 18.9 Å². The summed E-state index contributed by atoms with van der Waals surface area (Å²) in [5.41, 5.74) is 1.17. The van der Waals surface area contributed by atoms with Crippen molar-refractivity contribution in [3.8, 4) is 0 Å². The van der Waals surface area contributed by atoms with Gasteiger partial charge in [0.25, 0.3) is 0 Å². The van der Waals surface area contributed by atoms with Crippen LogP contribution in [0, 0.1) is 5.92 Å². The van der Waals surface area contributed by atoms with E-state index in [1.807, 2.05) is 30.9 Å². The zero-order valence-electron chi connectivity index (χ0n) is 14.2. The molecule has 1 aliphatic carbocycles. The number of hydrogen-bond donors (Lipinski definition) is 2. The minimum absolute atomic E-state index is 0.0881. The Balaban J connectivity index is 1.40. The van der Waals surface area contributed by atoms with E-state index in [0.29, 0.717) is 6.04 Å². The summed E-state index contributed by atoms with van der Waals surface area (Å²) in [6.45, 7) is 3.65. The van der Waals surface area contributed by atoms with Gasteiger partial charge in [-0.25, -0.2) is 4.98 Å². The summed E-state index contributed by atoms with van der Waals surface area (Å²) < 4.78 is 0. The lowest BCUT2D eigenvalue weighted by Crippen LogP contribution is -2.37. The first-order chi connectivity index (χ1) is 11.9. The van der Waals surface area contributed by atoms with Crippen molar-refractivity contribution >= 4 is 0 Å². The third kappa shape index (κ3) is 3.68. The Kier molecular flexibility index (Phi) is 4.90. The second kappa shape index (κ2) is 7.45. The molecular weight excluding hydrogens is 298 g/mol. The lowest BCUT2D eigenvalue weighted by Gasteiger charge is -2.23. The quantitative estimate of drug-likeness (QED) is 0.857. The third-order valence-corrected chi connectivity index (χ3v) is 5.48. The number of nitrogens with one attached hydrogen (secondary N) is 2. The van der Waals surface area contributed by atoms with Crippen LogP contribution < -0.4 is 5.32 Å². The van der Waals surface area contributed by atoms with Crippen molar-refractivity contribution in [3.05, 3.63) is 48.3 Å². The highest BCUT2D eigenvalue weighted by Crippen LogP contribution is 2.27. The van der Waals surface area contributed by atoms with Gasteiger partial charge in [-0.05, 0) is 43.4 Å². The van der Waals surface area contributed by atoms with E-state index in [1.165, 1.54) is 50.8 Å². The summed E-state index contributed by atoms with van der Waals surface area (Å²) in [6.07, 6.45) is 14.4. The number of H-pyrrole nitrogens is 1. The lowest BCUT2D eigenvalue weighted by molar-refractivity contribution is 0.271. The summed E-state index contributed by atoms with van der Waals surface area (Å²) in [5, 5.41) is 3.81. The van der Waals surface area contributed by atoms with Crippen LogP contribution in [0.1, 0.15) is 49.5 Å². The molecule has 0 spiro atoms. The van der Waals surface area contributed by atoms with Crippen molar-refractivity contribution in [1.82, 2.24) is 25.2 Å². The molecule has 2 aromatic rings. The Bertz CT molecular complexity index is 606. The molecule has 1 saturated heterocycles. The van der Waals surface area contributed by atoms with Crippen LogP contribution >= 0.6 is 0 Å². The summed E-state index contributed by atoms with van der Waals surface area (Å²) in [6, 6.07) is 4.72. The predicted octanol–water partition coefficient (Wildman–Crippen LogP) is 2.75. The van der Waals surface area contributed by atoms with Crippen LogP contribution in [0.2, 0.25) is 0 Å². The van der Waals surface area contributed by atoms with Crippen LogP contribution in [-0.2, 0) is 0 Å². The van der Waals surface area contributed by atoms with Crippen LogP contribution in [0.3, 0.4) is 0 Å². The van der Waals surface area contributed by atoms with E-state index in [1.54, 1.807) is 0 Å². The van der Waals surface area contributed by atoms with Gasteiger partial charge in [0.05, 0.1) is 6.04 Å². The zero-order chi connectivity index (χ0) is 16.2. The summed E-state index contributed by atoms with van der Waals surface area (Å²) in [7, 11) is 0. The molecule has 0 unspecified atom stereocenters. The Morgan fingerprint density at radius 3 is 2.92 bits per heavy atom. The van der Waals surface area contributed by atoms with Crippen molar-refractivity contribution in [3.63, 3.8) is 0 Å². The van der Waals surface area contributed by atoms with E-state index in [0.717, 1.165) is 18.3 Å². The number of rotatable bonds is 6. The fourth-order valence-corrected chi connectivity index (χ4v) is 4.24. The first-order valence-corrected chi connectivity index (χ1v) is 9.26. The maximum atomic E-state index is 4.48. The smallest absolute Gasteiger partial charge is 0.127 e. The average molecular weight is 325 g/mol. The van der Waals surface area contributed by atoms with Gasteiger partial charge < -0.3 is 9.88 Å². The number of aromatic nitrogens is 3. The van der Waals surface area contributed by atoms with Gasteiger partial charge in [-0.3, -0.25) is 10.3 Å². The van der Waals surface area contributed by atoms with E-state index in [4.69, 9.17) is 0 Å². The van der Waals surface area contributed by atoms with Crippen LogP contribution in [0.5, 0.6) is 0 Å². The van der Waals surface area contributed by atoms with Crippen molar-refractivity contribution in [2.45, 2.75) is 44.2 Å². The Hall–Kier alpha value is -1.72. The molecule has 0 bridgehead atoms. The molecule has 2 aromatic heterocycles. The third-order valence-electron chi connectivity index (χ3n) is 5.48. The van der Waals surface area contributed by atoms with Gasteiger partial charge >= 0.3 is 0 Å². The molecule has 0 radical (unpaired) electrons. The molecular formula is C19H27N5. The molecule has 0 aromatic carbocycles. The molecule has 5 nitrogen and oxygen atoms in total. The van der Waals surface area contributed by atoms with Crippen molar-refractivity contribution in [2.75, 3.05) is 19.6 Å². The summed E-state index contributed by atoms with van der Waals surface area (Å²) in [5.74, 6) is 1.90. The number of aromatic amines is 1. The minimum Gasteiger partial charge on any atom is -0.347 e. The standard InChI is InChI=1S/C19H27N5/c1-2-5-15(4-1)13-24-11-7-17(14-24)23-18(19-21-9-10-22-19)16-6-3-8-20-12-16/h3,6,8-10,12,15,17-18,23H,1-2,4-5,7,11,13-14H2,(H,21,22)/t17-,18+/m0/s1. The highest BCUT2D eigenvalue weighted by atomic mass is 15.2. The number of nitrogens with zero attached hydrogens (tertiary/aromatic N) is 3. The fourth-order valence-electron chi connectivity index (χ4n) is 4.24. The largest absolute Gasteiger partial charge is 0.347 e. The van der Waals surface area contributed by atoms with Crippen molar-refractivity contribution < 1.29 is 0 Å². The monoisotopic (exact) mass is 325 g/mol. The first kappa shape index (κ1) is 15.8.